The molecular formula is C16H21N3OS2. The van der Waals surface area contributed by atoms with Gasteiger partial charge in [0, 0.05) is 15.8 Å². The van der Waals surface area contributed by atoms with Gasteiger partial charge < -0.3 is 5.73 Å². The second-order valence-electron chi connectivity index (χ2n) is 5.99. The van der Waals surface area contributed by atoms with Crippen LogP contribution in [-0.4, -0.2) is 14.8 Å². The highest BCUT2D eigenvalue weighted by atomic mass is 32.2. The van der Waals surface area contributed by atoms with Crippen molar-refractivity contribution in [2.45, 2.75) is 31.6 Å². The lowest BCUT2D eigenvalue weighted by atomic mass is 10.1. The highest BCUT2D eigenvalue weighted by Crippen LogP contribution is 2.29. The normalized spacial score (nSPS) is 14.5. The van der Waals surface area contributed by atoms with Gasteiger partial charge in [-0.05, 0) is 32.4 Å². The third-order valence-corrected chi connectivity index (χ3v) is 5.69. The maximum atomic E-state index is 12.5. The molecule has 0 aliphatic heterocycles. The Morgan fingerprint density at radius 2 is 1.95 bits per heavy atom. The Hall–Kier alpha value is -1.50. The van der Waals surface area contributed by atoms with E-state index in [1.807, 2.05) is 62.5 Å². The average Bonchev–Trinajstić information content (AvgIpc) is 2.94. The van der Waals surface area contributed by atoms with Gasteiger partial charge in [-0.1, -0.05) is 30.3 Å². The predicted octanol–water partition coefficient (Wildman–Crippen LogP) is 3.17. The molecule has 0 aliphatic rings. The summed E-state index contributed by atoms with van der Waals surface area (Å²) < 4.78 is 15.4. The fourth-order valence-corrected chi connectivity index (χ4v) is 3.75. The van der Waals surface area contributed by atoms with E-state index in [0.717, 1.165) is 10.4 Å². The molecule has 0 aliphatic carbocycles. The zero-order valence-electron chi connectivity index (χ0n) is 12.9. The van der Waals surface area contributed by atoms with Crippen molar-refractivity contribution in [2.75, 3.05) is 0 Å². The van der Waals surface area contributed by atoms with Crippen LogP contribution in [0.3, 0.4) is 0 Å². The van der Waals surface area contributed by atoms with Gasteiger partial charge in [0.05, 0.1) is 21.8 Å². The van der Waals surface area contributed by atoms with Crippen molar-refractivity contribution in [1.29, 1.82) is 5.41 Å². The van der Waals surface area contributed by atoms with Crippen LogP contribution in [0.1, 0.15) is 42.8 Å². The monoisotopic (exact) mass is 335 g/mol. The SMILES string of the molecule is CC(C)(C)[S@](=O)N[C@@H](c1ccccc1)c1cc(C(=N)N)cs1. The quantitative estimate of drug-likeness (QED) is 0.579. The summed E-state index contributed by atoms with van der Waals surface area (Å²) in [5, 5.41) is 9.40. The van der Waals surface area contributed by atoms with Gasteiger partial charge in [0.2, 0.25) is 0 Å². The minimum atomic E-state index is -1.20. The van der Waals surface area contributed by atoms with Gasteiger partial charge in [0.25, 0.3) is 0 Å². The van der Waals surface area contributed by atoms with Crippen molar-refractivity contribution < 1.29 is 4.21 Å². The summed E-state index contributed by atoms with van der Waals surface area (Å²) in [7, 11) is -1.20. The van der Waals surface area contributed by atoms with Gasteiger partial charge in [-0.3, -0.25) is 5.41 Å². The van der Waals surface area contributed by atoms with Gasteiger partial charge in [-0.25, -0.2) is 8.93 Å². The molecule has 1 aromatic carbocycles. The molecule has 1 aromatic heterocycles. The summed E-state index contributed by atoms with van der Waals surface area (Å²) >= 11 is 1.52. The molecule has 0 radical (unpaired) electrons. The molecule has 0 spiro atoms. The van der Waals surface area contributed by atoms with Crippen LogP contribution < -0.4 is 10.5 Å². The van der Waals surface area contributed by atoms with Crippen LogP contribution in [0.25, 0.3) is 0 Å². The van der Waals surface area contributed by atoms with Crippen molar-refractivity contribution in [2.24, 2.45) is 5.73 Å². The molecule has 6 heteroatoms. The number of hydrogen-bond acceptors (Lipinski definition) is 3. The predicted molar refractivity (Wildman–Crippen MR) is 94.7 cm³/mol. The molecule has 0 bridgehead atoms. The molecule has 4 N–H and O–H groups in total. The van der Waals surface area contributed by atoms with Crippen molar-refractivity contribution >= 4 is 28.2 Å². The number of nitrogens with two attached hydrogens (primary N) is 1. The van der Waals surface area contributed by atoms with Crippen molar-refractivity contribution in [3.05, 3.63) is 57.8 Å². The summed E-state index contributed by atoms with van der Waals surface area (Å²) in [6.07, 6.45) is 0. The van der Waals surface area contributed by atoms with E-state index >= 15 is 0 Å². The average molecular weight is 335 g/mol. The first-order valence-electron chi connectivity index (χ1n) is 6.95. The Morgan fingerprint density at radius 1 is 1.32 bits per heavy atom. The topological polar surface area (TPSA) is 79.0 Å². The van der Waals surface area contributed by atoms with Gasteiger partial charge in [-0.15, -0.1) is 11.3 Å². The molecule has 2 atom stereocenters. The van der Waals surface area contributed by atoms with Crippen molar-refractivity contribution in [3.8, 4) is 0 Å². The molecule has 0 saturated heterocycles. The van der Waals surface area contributed by atoms with E-state index in [9.17, 15) is 4.21 Å². The number of amidine groups is 1. The van der Waals surface area contributed by atoms with Gasteiger partial charge >= 0.3 is 0 Å². The van der Waals surface area contributed by atoms with E-state index in [1.54, 1.807) is 0 Å². The molecule has 0 unspecified atom stereocenters. The number of hydrogen-bond donors (Lipinski definition) is 3. The van der Waals surface area contributed by atoms with Crippen LogP contribution in [0.4, 0.5) is 0 Å². The molecule has 0 amide bonds. The van der Waals surface area contributed by atoms with Gasteiger partial charge in [0.1, 0.15) is 5.84 Å². The minimum absolute atomic E-state index is 0.0475. The maximum Gasteiger partial charge on any atom is 0.123 e. The lowest BCUT2D eigenvalue weighted by Gasteiger charge is -2.24. The lowest BCUT2D eigenvalue weighted by Crippen LogP contribution is -2.35. The molecule has 4 nitrogen and oxygen atoms in total. The highest BCUT2D eigenvalue weighted by molar-refractivity contribution is 7.84. The second-order valence-corrected chi connectivity index (χ2v) is 8.93. The summed E-state index contributed by atoms with van der Waals surface area (Å²) in [6, 6.07) is 11.6. The van der Waals surface area contributed by atoms with E-state index < -0.39 is 11.0 Å². The third kappa shape index (κ3) is 4.03. The summed E-state index contributed by atoms with van der Waals surface area (Å²) in [5.74, 6) is 0.0475. The van der Waals surface area contributed by atoms with Crippen LogP contribution >= 0.6 is 11.3 Å². The lowest BCUT2D eigenvalue weighted by molar-refractivity contribution is 0.625. The van der Waals surface area contributed by atoms with Crippen LogP contribution in [0, 0.1) is 5.41 Å². The van der Waals surface area contributed by atoms with Crippen molar-refractivity contribution in [1.82, 2.24) is 4.72 Å². The molecule has 0 saturated carbocycles. The largest absolute Gasteiger partial charge is 0.384 e. The Kier molecular flexibility index (Phi) is 5.16. The van der Waals surface area contributed by atoms with E-state index in [2.05, 4.69) is 4.72 Å². The Bertz CT molecular complexity index is 674. The van der Waals surface area contributed by atoms with Crippen LogP contribution in [0.5, 0.6) is 0 Å². The van der Waals surface area contributed by atoms with Gasteiger partial charge in [0.15, 0.2) is 0 Å². The summed E-state index contributed by atoms with van der Waals surface area (Å²) in [6.45, 7) is 5.81. The smallest absolute Gasteiger partial charge is 0.123 e. The standard InChI is InChI=1S/C16H21N3OS2/c1-16(2,3)22(20)19-14(11-7-5-4-6-8-11)13-9-12(10-21-13)15(17)18/h4-10,14,19H,1-3H3,(H3,17,18)/t14-,22-/m0/s1. The van der Waals surface area contributed by atoms with E-state index in [1.165, 1.54) is 11.3 Å². The van der Waals surface area contributed by atoms with Crippen molar-refractivity contribution in [3.63, 3.8) is 0 Å². The molecule has 2 aromatic rings. The van der Waals surface area contributed by atoms with Gasteiger partial charge in [-0.2, -0.15) is 0 Å². The number of benzene rings is 1. The fraction of sp³-hybridized carbons (Fsp3) is 0.312. The van der Waals surface area contributed by atoms with E-state index in [-0.39, 0.29) is 16.6 Å². The first-order valence-corrected chi connectivity index (χ1v) is 8.98. The molecule has 118 valence electrons. The Labute approximate surface area is 137 Å². The Balaban J connectivity index is 2.37. The molecule has 0 fully saturated rings. The van der Waals surface area contributed by atoms with Crippen LogP contribution in [-0.2, 0) is 11.0 Å². The number of nitrogen functional groups attached to an aromatic ring is 1. The number of rotatable bonds is 5. The first kappa shape index (κ1) is 16.9. The van der Waals surface area contributed by atoms with Crippen LogP contribution in [0.2, 0.25) is 0 Å². The number of thiophene rings is 1. The molecule has 22 heavy (non-hydrogen) atoms. The third-order valence-electron chi connectivity index (χ3n) is 3.13. The summed E-state index contributed by atoms with van der Waals surface area (Å²) in [4.78, 5) is 0.994. The first-order chi connectivity index (χ1) is 10.3. The summed E-state index contributed by atoms with van der Waals surface area (Å²) in [5.41, 5.74) is 7.28. The maximum absolute atomic E-state index is 12.5. The molecular weight excluding hydrogens is 314 g/mol. The zero-order valence-corrected chi connectivity index (χ0v) is 14.6. The zero-order chi connectivity index (χ0) is 16.3. The van der Waals surface area contributed by atoms with Crippen LogP contribution in [0.15, 0.2) is 41.8 Å². The van der Waals surface area contributed by atoms with E-state index in [4.69, 9.17) is 11.1 Å². The van der Waals surface area contributed by atoms with E-state index in [0.29, 0.717) is 5.56 Å². The highest BCUT2D eigenvalue weighted by Gasteiger charge is 2.25. The second kappa shape index (κ2) is 6.73. The number of nitrogens with one attached hydrogen (secondary N) is 2. The minimum Gasteiger partial charge on any atom is -0.384 e. The molecule has 2 rings (SSSR count). The fourth-order valence-electron chi connectivity index (χ4n) is 1.87. The Morgan fingerprint density at radius 3 is 2.45 bits per heavy atom. The molecule has 1 heterocycles.